The fourth-order valence-corrected chi connectivity index (χ4v) is 6.24. The zero-order valence-electron chi connectivity index (χ0n) is 22.2. The molecule has 5 heterocycles. The van der Waals surface area contributed by atoms with Crippen molar-refractivity contribution < 1.29 is 9.90 Å². The number of carbonyl (C=O) groups excluding carboxylic acids is 1. The van der Waals surface area contributed by atoms with Gasteiger partial charge in [-0.2, -0.15) is 5.10 Å². The van der Waals surface area contributed by atoms with Gasteiger partial charge in [0.1, 0.15) is 5.82 Å². The fraction of sp³-hybridized carbons (Fsp3) is 0.429. The van der Waals surface area contributed by atoms with E-state index in [1.807, 2.05) is 29.8 Å². The summed E-state index contributed by atoms with van der Waals surface area (Å²) in [5, 5.41) is 16.7. The van der Waals surface area contributed by atoms with Gasteiger partial charge in [0.2, 0.25) is 5.91 Å². The number of amides is 1. The van der Waals surface area contributed by atoms with Crippen LogP contribution in [0.1, 0.15) is 49.5 Å². The maximum Gasteiger partial charge on any atom is 0.249 e. The number of carbonyl (C=O) groups is 1. The molecule has 4 aromatic heterocycles. The Morgan fingerprint density at radius 3 is 2.76 bits per heavy atom. The summed E-state index contributed by atoms with van der Waals surface area (Å²) < 4.78 is 1.72. The van der Waals surface area contributed by atoms with Crippen molar-refractivity contribution in [3.8, 4) is 21.8 Å². The van der Waals surface area contributed by atoms with E-state index < -0.39 is 5.91 Å². The smallest absolute Gasteiger partial charge is 0.249 e. The Bertz CT molecular complexity index is 1410. The van der Waals surface area contributed by atoms with Gasteiger partial charge in [0.25, 0.3) is 0 Å². The number of aromatic nitrogens is 4. The van der Waals surface area contributed by atoms with Crippen LogP contribution in [-0.4, -0.2) is 73.8 Å². The number of anilines is 1. The van der Waals surface area contributed by atoms with E-state index in [1.54, 1.807) is 28.1 Å². The topological polar surface area (TPSA) is 113 Å². The van der Waals surface area contributed by atoms with Gasteiger partial charge >= 0.3 is 0 Å². The molecular weight excluding hydrogens is 498 g/mol. The summed E-state index contributed by atoms with van der Waals surface area (Å²) in [6.45, 7) is 9.07. The van der Waals surface area contributed by atoms with Gasteiger partial charge in [0.05, 0.1) is 40.7 Å². The Labute approximate surface area is 226 Å². The molecule has 0 bridgehead atoms. The van der Waals surface area contributed by atoms with Gasteiger partial charge in [-0.25, -0.2) is 14.5 Å². The summed E-state index contributed by atoms with van der Waals surface area (Å²) in [5.74, 6) is 0.237. The lowest BCUT2D eigenvalue weighted by Crippen LogP contribution is -2.37. The Morgan fingerprint density at radius 2 is 2.08 bits per heavy atom. The molecule has 0 aliphatic carbocycles. The number of aliphatic hydroxyl groups excluding tert-OH is 1. The molecule has 3 N–H and O–H groups in total. The third kappa shape index (κ3) is 4.91. The number of nitrogens with zero attached hydrogens (tertiary/aromatic N) is 6. The second-order valence-electron chi connectivity index (χ2n) is 9.78. The highest BCUT2D eigenvalue weighted by Crippen LogP contribution is 2.35. The summed E-state index contributed by atoms with van der Waals surface area (Å²) in [7, 11) is 0. The van der Waals surface area contributed by atoms with Crippen molar-refractivity contribution in [2.45, 2.75) is 52.1 Å². The van der Waals surface area contributed by atoms with Crippen LogP contribution in [0, 0.1) is 0 Å². The van der Waals surface area contributed by atoms with Crippen LogP contribution in [0.25, 0.3) is 27.5 Å². The van der Waals surface area contributed by atoms with Gasteiger partial charge in [-0.3, -0.25) is 4.79 Å². The first-order valence-corrected chi connectivity index (χ1v) is 14.2. The van der Waals surface area contributed by atoms with Crippen molar-refractivity contribution in [1.29, 1.82) is 0 Å². The van der Waals surface area contributed by atoms with Crippen LogP contribution in [0.15, 0.2) is 42.0 Å². The molecule has 0 spiro atoms. The summed E-state index contributed by atoms with van der Waals surface area (Å²) in [6, 6.07) is 7.91. The molecule has 9 nitrogen and oxygen atoms in total. The number of likely N-dealkylation sites (N-methyl/N-ethyl adjacent to an activating group) is 1. The Kier molecular flexibility index (Phi) is 7.73. The average Bonchev–Trinajstić information content (AvgIpc) is 3.70. The zero-order chi connectivity index (χ0) is 26.8. The second kappa shape index (κ2) is 11.2. The molecule has 0 radical (unpaired) electrons. The van der Waals surface area contributed by atoms with Crippen LogP contribution >= 0.6 is 11.3 Å². The molecular formula is C28H35N7O2S. The molecule has 1 amide bonds. The molecule has 38 heavy (non-hydrogen) atoms. The summed E-state index contributed by atoms with van der Waals surface area (Å²) in [5.41, 5.74) is 10.2. The number of aliphatic hydroxyl groups is 1. The Hall–Kier alpha value is -3.34. The fourth-order valence-electron chi connectivity index (χ4n) is 5.54. The molecule has 2 atom stereocenters. The van der Waals surface area contributed by atoms with E-state index in [9.17, 15) is 9.90 Å². The minimum absolute atomic E-state index is 0.0330. The number of hydrogen-bond donors (Lipinski definition) is 2. The molecule has 0 aromatic carbocycles. The zero-order valence-corrected chi connectivity index (χ0v) is 23.0. The minimum atomic E-state index is -0.486. The van der Waals surface area contributed by atoms with Crippen LogP contribution in [0.4, 0.5) is 5.82 Å². The largest absolute Gasteiger partial charge is 0.394 e. The SMILES string of the molecule is CCN(CC)[C@@H](C)Cc1c(C(N)=O)cc(-c2cnn3ccc(-c4cccs4)nc23)nc1N1CCC[C@H]1CO. The first-order chi connectivity index (χ1) is 18.4. The van der Waals surface area contributed by atoms with Crippen LogP contribution in [0.3, 0.4) is 0 Å². The first-order valence-electron chi connectivity index (χ1n) is 13.3. The van der Waals surface area contributed by atoms with Crippen molar-refractivity contribution in [3.63, 3.8) is 0 Å². The second-order valence-corrected chi connectivity index (χ2v) is 10.7. The molecule has 10 heteroatoms. The lowest BCUT2D eigenvalue weighted by molar-refractivity contribution is 0.0999. The van der Waals surface area contributed by atoms with Crippen LogP contribution in [-0.2, 0) is 6.42 Å². The number of nitrogens with two attached hydrogens (primary N) is 1. The molecule has 1 aliphatic heterocycles. The standard InChI is InChI=1S/C28H35N7O2S/c1-4-33(5-2)18(3)14-21-20(26(29)37)15-24(32-27(21)34-11-6-8-19(34)17-36)22-16-30-35-12-10-23(31-28(22)35)25-9-7-13-38-25/h7,9-10,12-13,15-16,18-19,36H,4-6,8,11,14,17H2,1-3H3,(H2,29,37)/t18-,19-/m0/s1. The molecule has 0 saturated carbocycles. The van der Waals surface area contributed by atoms with Crippen molar-refractivity contribution in [2.75, 3.05) is 31.1 Å². The first kappa shape index (κ1) is 26.3. The number of primary amides is 1. The molecule has 4 aromatic rings. The van der Waals surface area contributed by atoms with Crippen LogP contribution in [0.2, 0.25) is 0 Å². The maximum atomic E-state index is 12.9. The predicted molar refractivity (Wildman–Crippen MR) is 152 cm³/mol. The number of pyridine rings is 1. The number of hydrogen-bond acceptors (Lipinski definition) is 8. The van der Waals surface area contributed by atoms with E-state index in [0.717, 1.165) is 60.0 Å². The van der Waals surface area contributed by atoms with Gasteiger partial charge in [-0.1, -0.05) is 19.9 Å². The summed E-state index contributed by atoms with van der Waals surface area (Å²) in [4.78, 5) is 28.5. The molecule has 1 saturated heterocycles. The van der Waals surface area contributed by atoms with Crippen LogP contribution in [0.5, 0.6) is 0 Å². The van der Waals surface area contributed by atoms with E-state index in [4.69, 9.17) is 15.7 Å². The number of thiophene rings is 1. The monoisotopic (exact) mass is 533 g/mol. The van der Waals surface area contributed by atoms with Crippen molar-refractivity contribution >= 4 is 28.7 Å². The van der Waals surface area contributed by atoms with E-state index >= 15 is 0 Å². The van der Waals surface area contributed by atoms with Gasteiger partial charge in [-0.15, -0.1) is 11.3 Å². The molecule has 1 fully saturated rings. The Balaban J connectivity index is 1.68. The highest BCUT2D eigenvalue weighted by molar-refractivity contribution is 7.13. The van der Waals surface area contributed by atoms with Gasteiger partial charge in [-0.05, 0) is 62.9 Å². The minimum Gasteiger partial charge on any atom is -0.394 e. The molecule has 1 aliphatic rings. The lowest BCUT2D eigenvalue weighted by atomic mass is 9.97. The highest BCUT2D eigenvalue weighted by Gasteiger charge is 2.31. The maximum absolute atomic E-state index is 12.9. The quantitative estimate of drug-likeness (QED) is 0.318. The number of fused-ring (bicyclic) bond motifs is 1. The van der Waals surface area contributed by atoms with E-state index in [1.165, 1.54) is 0 Å². The molecule has 0 unspecified atom stereocenters. The lowest BCUT2D eigenvalue weighted by Gasteiger charge is -2.31. The molecule has 200 valence electrons. The normalized spacial score (nSPS) is 16.6. The van der Waals surface area contributed by atoms with Gasteiger partial charge in [0.15, 0.2) is 5.65 Å². The van der Waals surface area contributed by atoms with Crippen molar-refractivity contribution in [1.82, 2.24) is 24.5 Å². The number of rotatable bonds is 10. The third-order valence-corrected chi connectivity index (χ3v) is 8.47. The van der Waals surface area contributed by atoms with Gasteiger partial charge in [0, 0.05) is 29.9 Å². The third-order valence-electron chi connectivity index (χ3n) is 7.58. The van der Waals surface area contributed by atoms with E-state index in [2.05, 4.69) is 35.7 Å². The van der Waals surface area contributed by atoms with Gasteiger partial charge < -0.3 is 20.6 Å². The van der Waals surface area contributed by atoms with E-state index in [-0.39, 0.29) is 18.7 Å². The average molecular weight is 534 g/mol. The van der Waals surface area contributed by atoms with Crippen molar-refractivity contribution in [3.05, 3.63) is 53.2 Å². The Morgan fingerprint density at radius 1 is 1.26 bits per heavy atom. The summed E-state index contributed by atoms with van der Waals surface area (Å²) in [6.07, 6.45) is 6.09. The molecule has 5 rings (SSSR count). The van der Waals surface area contributed by atoms with E-state index in [0.29, 0.717) is 23.3 Å². The summed E-state index contributed by atoms with van der Waals surface area (Å²) >= 11 is 1.63. The van der Waals surface area contributed by atoms with Crippen LogP contribution < -0.4 is 10.6 Å². The van der Waals surface area contributed by atoms with Crippen molar-refractivity contribution in [2.24, 2.45) is 5.73 Å². The predicted octanol–water partition coefficient (Wildman–Crippen LogP) is 3.85. The highest BCUT2D eigenvalue weighted by atomic mass is 32.1.